The maximum atomic E-state index is 5.62. The van der Waals surface area contributed by atoms with Gasteiger partial charge in [0.1, 0.15) is 0 Å². The Morgan fingerprint density at radius 1 is 1.38 bits per heavy atom. The van der Waals surface area contributed by atoms with Gasteiger partial charge in [-0.3, -0.25) is 0 Å². The average molecular weight is 223 g/mol. The van der Waals surface area contributed by atoms with Gasteiger partial charge in [-0.15, -0.1) is 0 Å². The van der Waals surface area contributed by atoms with Crippen LogP contribution in [0.25, 0.3) is 0 Å². The van der Waals surface area contributed by atoms with E-state index in [1.54, 1.807) is 5.57 Å². The zero-order valence-corrected chi connectivity index (χ0v) is 10.7. The molecule has 1 fully saturated rings. The first-order chi connectivity index (χ1) is 7.77. The van der Waals surface area contributed by atoms with Gasteiger partial charge in [0.25, 0.3) is 0 Å². The Hall–Kier alpha value is -0.340. The highest BCUT2D eigenvalue weighted by molar-refractivity contribution is 5.09. The van der Waals surface area contributed by atoms with Gasteiger partial charge in [0.2, 0.25) is 0 Å². The Bertz CT molecular complexity index is 243. The Morgan fingerprint density at radius 3 is 2.94 bits per heavy atom. The molecule has 0 amide bonds. The maximum absolute atomic E-state index is 5.62. The first kappa shape index (κ1) is 12.1. The third kappa shape index (κ3) is 3.08. The first-order valence-corrected chi connectivity index (χ1v) is 6.76. The molecule has 3 unspecified atom stereocenters. The summed E-state index contributed by atoms with van der Waals surface area (Å²) in [5.41, 5.74) is 1.58. The number of rotatable bonds is 4. The molecule has 16 heavy (non-hydrogen) atoms. The van der Waals surface area contributed by atoms with E-state index < -0.39 is 0 Å². The largest absolute Gasteiger partial charge is 0.377 e. The molecular formula is C14H25NO. The van der Waals surface area contributed by atoms with Crippen LogP contribution >= 0.6 is 0 Å². The molecule has 0 spiro atoms. The van der Waals surface area contributed by atoms with Crippen molar-refractivity contribution in [2.75, 3.05) is 19.7 Å². The second-order valence-electron chi connectivity index (χ2n) is 5.40. The van der Waals surface area contributed by atoms with Crippen LogP contribution in [0.1, 0.15) is 39.5 Å². The first-order valence-electron chi connectivity index (χ1n) is 6.76. The molecule has 2 heteroatoms. The molecule has 2 nitrogen and oxygen atoms in total. The quantitative estimate of drug-likeness (QED) is 0.740. The molecule has 0 saturated carbocycles. The average Bonchev–Trinajstić information content (AvgIpc) is 2.75. The van der Waals surface area contributed by atoms with Crippen LogP contribution in [0.4, 0.5) is 0 Å². The Balaban J connectivity index is 1.71. The van der Waals surface area contributed by atoms with Crippen LogP contribution in [-0.2, 0) is 4.74 Å². The summed E-state index contributed by atoms with van der Waals surface area (Å²) in [6, 6.07) is 0. The fraction of sp³-hybridized carbons (Fsp3) is 0.857. The van der Waals surface area contributed by atoms with Crippen molar-refractivity contribution in [2.24, 2.45) is 11.8 Å². The van der Waals surface area contributed by atoms with Gasteiger partial charge in [0, 0.05) is 19.7 Å². The van der Waals surface area contributed by atoms with Crippen molar-refractivity contribution in [3.05, 3.63) is 11.6 Å². The number of hydrogen-bond donors (Lipinski definition) is 1. The van der Waals surface area contributed by atoms with Gasteiger partial charge >= 0.3 is 0 Å². The van der Waals surface area contributed by atoms with Crippen molar-refractivity contribution in [1.29, 1.82) is 0 Å². The molecule has 92 valence electrons. The highest BCUT2D eigenvalue weighted by Crippen LogP contribution is 2.29. The smallest absolute Gasteiger partial charge is 0.0700 e. The second-order valence-corrected chi connectivity index (χ2v) is 5.40. The van der Waals surface area contributed by atoms with Crippen LogP contribution in [-0.4, -0.2) is 25.8 Å². The molecule has 1 aliphatic heterocycles. The van der Waals surface area contributed by atoms with E-state index in [0.29, 0.717) is 6.10 Å². The Kier molecular flexibility index (Phi) is 4.42. The van der Waals surface area contributed by atoms with Gasteiger partial charge in [0.15, 0.2) is 0 Å². The van der Waals surface area contributed by atoms with E-state index in [9.17, 15) is 0 Å². The number of nitrogens with one attached hydrogen (secondary N) is 1. The summed E-state index contributed by atoms with van der Waals surface area (Å²) < 4.78 is 5.62. The van der Waals surface area contributed by atoms with Crippen molar-refractivity contribution in [3.8, 4) is 0 Å². The molecule has 1 saturated heterocycles. The van der Waals surface area contributed by atoms with Crippen LogP contribution in [0.15, 0.2) is 11.6 Å². The van der Waals surface area contributed by atoms with Crippen molar-refractivity contribution in [2.45, 2.75) is 45.6 Å². The molecule has 2 rings (SSSR count). The summed E-state index contributed by atoms with van der Waals surface area (Å²) in [6.07, 6.45) is 7.99. The molecule has 0 aromatic rings. The minimum Gasteiger partial charge on any atom is -0.377 e. The zero-order chi connectivity index (χ0) is 11.4. The third-order valence-electron chi connectivity index (χ3n) is 4.12. The van der Waals surface area contributed by atoms with E-state index in [4.69, 9.17) is 4.74 Å². The fourth-order valence-electron chi connectivity index (χ4n) is 2.94. The molecule has 1 heterocycles. The van der Waals surface area contributed by atoms with Crippen molar-refractivity contribution >= 4 is 0 Å². The lowest BCUT2D eigenvalue weighted by atomic mass is 9.80. The highest BCUT2D eigenvalue weighted by atomic mass is 16.5. The zero-order valence-electron chi connectivity index (χ0n) is 10.7. The van der Waals surface area contributed by atoms with Gasteiger partial charge in [-0.05, 0) is 44.4 Å². The summed E-state index contributed by atoms with van der Waals surface area (Å²) in [7, 11) is 0. The molecule has 2 aliphatic rings. The summed E-state index contributed by atoms with van der Waals surface area (Å²) >= 11 is 0. The molecule has 0 aromatic heterocycles. The van der Waals surface area contributed by atoms with Crippen LogP contribution in [0.2, 0.25) is 0 Å². The normalized spacial score (nSPS) is 35.1. The van der Waals surface area contributed by atoms with Gasteiger partial charge in [-0.25, -0.2) is 0 Å². The second kappa shape index (κ2) is 5.83. The van der Waals surface area contributed by atoms with E-state index in [0.717, 1.165) is 31.5 Å². The molecule has 0 bridgehead atoms. The molecule has 0 aromatic carbocycles. The molecule has 1 N–H and O–H groups in total. The Morgan fingerprint density at radius 2 is 2.25 bits per heavy atom. The minimum absolute atomic E-state index is 0.475. The number of allylic oxidation sites excluding steroid dienone is 1. The summed E-state index contributed by atoms with van der Waals surface area (Å²) in [4.78, 5) is 0. The lowest BCUT2D eigenvalue weighted by molar-refractivity contribution is 0.109. The van der Waals surface area contributed by atoms with Crippen LogP contribution in [0.3, 0.4) is 0 Å². The summed E-state index contributed by atoms with van der Waals surface area (Å²) in [5.74, 6) is 1.58. The highest BCUT2D eigenvalue weighted by Gasteiger charge is 2.22. The monoisotopic (exact) mass is 223 g/mol. The van der Waals surface area contributed by atoms with E-state index in [1.165, 1.54) is 25.7 Å². The molecule has 1 aliphatic carbocycles. The van der Waals surface area contributed by atoms with Crippen molar-refractivity contribution in [3.63, 3.8) is 0 Å². The van der Waals surface area contributed by atoms with Gasteiger partial charge in [-0.1, -0.05) is 18.6 Å². The Labute approximate surface area is 99.4 Å². The maximum Gasteiger partial charge on any atom is 0.0700 e. The van der Waals surface area contributed by atoms with Gasteiger partial charge < -0.3 is 10.1 Å². The topological polar surface area (TPSA) is 21.3 Å². The fourth-order valence-corrected chi connectivity index (χ4v) is 2.94. The number of ether oxygens (including phenoxy) is 1. The van der Waals surface area contributed by atoms with E-state index in [-0.39, 0.29) is 0 Å². The van der Waals surface area contributed by atoms with E-state index in [1.807, 2.05) is 0 Å². The SMILES string of the molecule is CC1=CCCC(C)C1CNCC1CCCO1. The van der Waals surface area contributed by atoms with Crippen molar-refractivity contribution in [1.82, 2.24) is 5.32 Å². The minimum atomic E-state index is 0.475. The summed E-state index contributed by atoms with van der Waals surface area (Å²) in [5, 5.41) is 3.59. The molecule has 0 radical (unpaired) electrons. The van der Waals surface area contributed by atoms with Gasteiger partial charge in [0.05, 0.1) is 6.10 Å². The predicted octanol–water partition coefficient (Wildman–Crippen LogP) is 2.75. The molecule has 3 atom stereocenters. The van der Waals surface area contributed by atoms with E-state index in [2.05, 4.69) is 25.2 Å². The lowest BCUT2D eigenvalue weighted by Crippen LogP contribution is -2.34. The van der Waals surface area contributed by atoms with Gasteiger partial charge in [-0.2, -0.15) is 0 Å². The summed E-state index contributed by atoms with van der Waals surface area (Å²) in [6.45, 7) is 7.80. The van der Waals surface area contributed by atoms with Crippen molar-refractivity contribution < 1.29 is 4.74 Å². The van der Waals surface area contributed by atoms with Crippen LogP contribution in [0.5, 0.6) is 0 Å². The molecular weight excluding hydrogens is 198 g/mol. The van der Waals surface area contributed by atoms with Crippen LogP contribution < -0.4 is 5.32 Å². The van der Waals surface area contributed by atoms with E-state index >= 15 is 0 Å². The predicted molar refractivity (Wildman–Crippen MR) is 67.5 cm³/mol. The number of hydrogen-bond acceptors (Lipinski definition) is 2. The van der Waals surface area contributed by atoms with Crippen LogP contribution in [0, 0.1) is 11.8 Å². The standard InChI is InChI=1S/C14H25NO/c1-11-5-3-6-12(2)14(11)10-15-9-13-7-4-8-16-13/h5,12-15H,3-4,6-10H2,1-2H3. The lowest BCUT2D eigenvalue weighted by Gasteiger charge is -2.29. The third-order valence-corrected chi connectivity index (χ3v) is 4.12.